The molecule has 0 N–H and O–H groups in total. The van der Waals surface area contributed by atoms with Crippen molar-refractivity contribution < 1.29 is 28.1 Å². The number of benzene rings is 8. The molecule has 8 aromatic carbocycles. The molecule has 0 bridgehead atoms. The number of ether oxygens (including phenoxy) is 4. The Bertz CT molecular complexity index is 3080. The Morgan fingerprint density at radius 3 is 1.07 bits per heavy atom. The first-order valence-electron chi connectivity index (χ1n) is 18.4. The van der Waals surface area contributed by atoms with Gasteiger partial charge in [0.2, 0.25) is 0 Å². The van der Waals surface area contributed by atoms with Gasteiger partial charge in [-0.2, -0.15) is 0 Å². The molecule has 0 aliphatic carbocycles. The summed E-state index contributed by atoms with van der Waals surface area (Å²) in [6, 6.07) is 47.1. The van der Waals surface area contributed by atoms with Crippen LogP contribution in [-0.2, 0) is 9.13 Å². The normalized spacial score (nSPS) is 19.9. The molecule has 14 rings (SSSR count). The van der Waals surface area contributed by atoms with E-state index in [1.807, 2.05) is 121 Å². The molecule has 6 aliphatic rings. The van der Waals surface area contributed by atoms with Crippen LogP contribution in [0.1, 0.15) is 0 Å². The summed E-state index contributed by atoms with van der Waals surface area (Å²) in [5.74, 6) is 4.13. The Kier molecular flexibility index (Phi) is 5.15. The van der Waals surface area contributed by atoms with E-state index in [1.54, 1.807) is 0 Å². The maximum Gasteiger partial charge on any atom is 0.189 e. The largest absolute Gasteiger partial charge is 0.456 e. The van der Waals surface area contributed by atoms with Crippen LogP contribution in [0.15, 0.2) is 146 Å². The van der Waals surface area contributed by atoms with Crippen molar-refractivity contribution in [1.82, 2.24) is 0 Å². The lowest BCUT2D eigenvalue weighted by Gasteiger charge is -2.46. The molecule has 6 heterocycles. The van der Waals surface area contributed by atoms with Crippen LogP contribution >= 0.6 is 14.3 Å². The van der Waals surface area contributed by atoms with Crippen LogP contribution in [-0.4, -0.2) is 0 Å². The highest BCUT2D eigenvalue weighted by atomic mass is 31.2. The average Bonchev–Trinajstić information content (AvgIpc) is 3.21. The Labute approximate surface area is 319 Å². The van der Waals surface area contributed by atoms with Crippen LogP contribution in [0.25, 0.3) is 10.8 Å². The zero-order valence-corrected chi connectivity index (χ0v) is 30.9. The third kappa shape index (κ3) is 3.22. The van der Waals surface area contributed by atoms with E-state index >= 15 is 9.13 Å². The SMILES string of the molecule is O=P12c3c4cccc3Oc3cc5c6c7c(cc5c(c31)N(c1ccccc1)c1cccc(c12)O4)Oc1cccc2c1P7(=O)c1c(cccc1N6c1ccccc1)O2. The summed E-state index contributed by atoms with van der Waals surface area (Å²) in [4.78, 5) is 4.35. The van der Waals surface area contributed by atoms with Crippen LogP contribution in [0, 0.1) is 0 Å². The lowest BCUT2D eigenvalue weighted by Crippen LogP contribution is -2.44. The molecular weight excluding hydrogens is 738 g/mol. The molecule has 6 aliphatic heterocycles. The van der Waals surface area contributed by atoms with Gasteiger partial charge in [0.05, 0.1) is 44.0 Å². The highest BCUT2D eigenvalue weighted by Gasteiger charge is 2.57. The van der Waals surface area contributed by atoms with E-state index in [4.69, 9.17) is 18.9 Å². The fourth-order valence-corrected chi connectivity index (χ4v) is 16.7. The second-order valence-corrected chi connectivity index (χ2v) is 19.8. The minimum absolute atomic E-state index is 0.482. The zero-order valence-electron chi connectivity index (χ0n) is 29.1. The topological polar surface area (TPSA) is 77.5 Å². The van der Waals surface area contributed by atoms with Gasteiger partial charge >= 0.3 is 0 Å². The third-order valence-corrected chi connectivity index (χ3v) is 18.3. The van der Waals surface area contributed by atoms with E-state index in [2.05, 4.69) is 34.1 Å². The van der Waals surface area contributed by atoms with Crippen molar-refractivity contribution in [3.8, 4) is 46.0 Å². The quantitative estimate of drug-likeness (QED) is 0.161. The molecule has 2 unspecified atom stereocenters. The first-order chi connectivity index (χ1) is 27.5. The first-order valence-corrected chi connectivity index (χ1v) is 21.8. The Morgan fingerprint density at radius 1 is 0.339 bits per heavy atom. The molecule has 8 nitrogen and oxygen atoms in total. The van der Waals surface area contributed by atoms with Gasteiger partial charge in [-0.05, 0) is 84.9 Å². The molecule has 0 aromatic heterocycles. The van der Waals surface area contributed by atoms with Gasteiger partial charge in [-0.25, -0.2) is 0 Å². The van der Waals surface area contributed by atoms with E-state index in [-0.39, 0.29) is 0 Å². The predicted octanol–water partition coefficient (Wildman–Crippen LogP) is 10.1. The van der Waals surface area contributed by atoms with Gasteiger partial charge in [-0.15, -0.1) is 0 Å². The lowest BCUT2D eigenvalue weighted by atomic mass is 10.0. The zero-order chi connectivity index (χ0) is 36.7. The maximum atomic E-state index is 16.6. The van der Waals surface area contributed by atoms with Crippen LogP contribution in [0.5, 0.6) is 46.0 Å². The minimum Gasteiger partial charge on any atom is -0.456 e. The van der Waals surface area contributed by atoms with Crippen LogP contribution < -0.4 is 60.6 Å². The second-order valence-electron chi connectivity index (χ2n) is 14.7. The molecule has 0 amide bonds. The molecule has 0 spiro atoms. The lowest BCUT2D eigenvalue weighted by molar-refractivity contribution is 0.460. The summed E-state index contributed by atoms with van der Waals surface area (Å²) in [5, 5.41) is 5.20. The van der Waals surface area contributed by atoms with Gasteiger partial charge in [0.25, 0.3) is 0 Å². The average molecular weight is 763 g/mol. The monoisotopic (exact) mass is 762 g/mol. The number of hydrogen-bond donors (Lipinski definition) is 0. The molecule has 2 atom stereocenters. The van der Waals surface area contributed by atoms with Crippen molar-refractivity contribution in [2.45, 2.75) is 0 Å². The van der Waals surface area contributed by atoms with Gasteiger partial charge in [0, 0.05) is 22.1 Å². The van der Waals surface area contributed by atoms with Crippen LogP contribution in [0.3, 0.4) is 0 Å². The molecule has 264 valence electrons. The van der Waals surface area contributed by atoms with Crippen molar-refractivity contribution >= 4 is 91.0 Å². The number of anilines is 6. The van der Waals surface area contributed by atoms with E-state index in [0.717, 1.165) is 44.9 Å². The second kappa shape index (κ2) is 9.74. The predicted molar refractivity (Wildman–Crippen MR) is 220 cm³/mol. The van der Waals surface area contributed by atoms with Crippen LogP contribution in [0.4, 0.5) is 34.1 Å². The molecule has 0 radical (unpaired) electrons. The standard InChI is InChI=1S/C46H24N2O6P2/c49-55-41-29-15-7-17-31(41)51-33-19-9-21-35(43(33)55)53-37-24-28-27(39(45(37)55)47(29)25-11-3-1-4-12-25)23-38-46-40(28)48(26-13-5-2-6-14-26)30-16-8-18-32-42(30)56(46,50)44-34(52-32)20-10-22-36(44)54-38/h1-24H. The first kappa shape index (κ1) is 29.6. The molecule has 56 heavy (non-hydrogen) atoms. The summed E-state index contributed by atoms with van der Waals surface area (Å²) >= 11 is 0. The number of fused-ring (bicyclic) bond motifs is 3. The number of para-hydroxylation sites is 2. The summed E-state index contributed by atoms with van der Waals surface area (Å²) in [6.45, 7) is 0. The number of hydrogen-bond acceptors (Lipinski definition) is 8. The smallest absolute Gasteiger partial charge is 0.189 e. The van der Waals surface area contributed by atoms with Crippen molar-refractivity contribution in [1.29, 1.82) is 0 Å². The molecule has 8 aromatic rings. The fourth-order valence-electron chi connectivity index (χ4n) is 9.86. The third-order valence-electron chi connectivity index (χ3n) is 11.9. The van der Waals surface area contributed by atoms with Crippen molar-refractivity contribution in [2.75, 3.05) is 9.80 Å². The highest BCUT2D eigenvalue weighted by molar-refractivity contribution is 7.87. The van der Waals surface area contributed by atoms with Gasteiger partial charge < -0.3 is 37.9 Å². The number of rotatable bonds is 2. The molecule has 0 saturated heterocycles. The molecule has 10 heteroatoms. The molecule has 0 saturated carbocycles. The fraction of sp³-hybridized carbons (Fsp3) is 0. The van der Waals surface area contributed by atoms with Crippen molar-refractivity contribution in [3.63, 3.8) is 0 Å². The van der Waals surface area contributed by atoms with Crippen molar-refractivity contribution in [2.24, 2.45) is 0 Å². The van der Waals surface area contributed by atoms with E-state index in [0.29, 0.717) is 77.8 Å². The summed E-state index contributed by atoms with van der Waals surface area (Å²) in [5.41, 5.74) is 4.72. The number of nitrogens with zero attached hydrogens (tertiary/aromatic N) is 2. The van der Waals surface area contributed by atoms with E-state index in [1.165, 1.54) is 0 Å². The maximum absolute atomic E-state index is 16.6. The summed E-state index contributed by atoms with van der Waals surface area (Å²) in [6.07, 6.45) is 0. The summed E-state index contributed by atoms with van der Waals surface area (Å²) in [7, 11) is -7.21. The van der Waals surface area contributed by atoms with E-state index in [9.17, 15) is 0 Å². The van der Waals surface area contributed by atoms with Gasteiger partial charge in [0.15, 0.2) is 14.3 Å². The Morgan fingerprint density at radius 2 is 0.679 bits per heavy atom. The van der Waals surface area contributed by atoms with Gasteiger partial charge in [-0.1, -0.05) is 60.7 Å². The van der Waals surface area contributed by atoms with E-state index < -0.39 is 14.3 Å². The molecule has 0 fully saturated rings. The highest BCUT2D eigenvalue weighted by Crippen LogP contribution is 2.69. The van der Waals surface area contributed by atoms with Gasteiger partial charge in [0.1, 0.15) is 56.6 Å². The Hall–Kier alpha value is -6.72. The minimum atomic E-state index is -3.61. The van der Waals surface area contributed by atoms with Gasteiger partial charge in [-0.3, -0.25) is 0 Å². The molecular formula is C46H24N2O6P2. The van der Waals surface area contributed by atoms with Crippen LogP contribution in [0.2, 0.25) is 0 Å². The summed E-state index contributed by atoms with van der Waals surface area (Å²) < 4.78 is 59.9. The van der Waals surface area contributed by atoms with Crippen molar-refractivity contribution in [3.05, 3.63) is 146 Å². The Balaban J connectivity index is 1.21.